The highest BCUT2D eigenvalue weighted by Crippen LogP contribution is 2.37. The van der Waals surface area contributed by atoms with E-state index in [-0.39, 0.29) is 18.0 Å². The van der Waals surface area contributed by atoms with Crippen LogP contribution in [-0.4, -0.2) is 50.9 Å². The highest BCUT2D eigenvalue weighted by atomic mass is 16.5. The van der Waals surface area contributed by atoms with Crippen molar-refractivity contribution in [1.82, 2.24) is 4.90 Å². The summed E-state index contributed by atoms with van der Waals surface area (Å²) >= 11 is 0. The Hall–Kier alpha value is -2.41. The zero-order chi connectivity index (χ0) is 20.6. The molecule has 1 heterocycles. The lowest BCUT2D eigenvalue weighted by molar-refractivity contribution is -0.121. The van der Waals surface area contributed by atoms with Gasteiger partial charge in [-0.3, -0.25) is 4.79 Å². The minimum absolute atomic E-state index is 0.135. The van der Waals surface area contributed by atoms with E-state index in [0.29, 0.717) is 25.3 Å². The second-order valence-corrected chi connectivity index (χ2v) is 6.16. The average Bonchev–Trinajstić information content (AvgIpc) is 3.07. The molecule has 0 aliphatic carbocycles. The van der Waals surface area contributed by atoms with Crippen LogP contribution in [0.25, 0.3) is 0 Å². The number of hydrogen-bond acceptors (Lipinski definition) is 6. The number of nitrogens with zero attached hydrogens (tertiary/aromatic N) is 3. The maximum Gasteiger partial charge on any atom is 0.210 e. The topological polar surface area (TPSA) is 71.4 Å². The maximum atomic E-state index is 11.4. The lowest BCUT2D eigenvalue weighted by atomic mass is 10.1. The molecule has 7 heteroatoms. The van der Waals surface area contributed by atoms with Crippen LogP contribution in [0.2, 0.25) is 0 Å². The van der Waals surface area contributed by atoms with Crippen LogP contribution in [0.5, 0.6) is 5.75 Å². The lowest BCUT2D eigenvalue weighted by Gasteiger charge is -2.37. The summed E-state index contributed by atoms with van der Waals surface area (Å²) in [6.07, 6.45) is 1.16. The molecule has 1 aliphatic heterocycles. The number of carbonyl (C=O) groups is 1. The van der Waals surface area contributed by atoms with Gasteiger partial charge in [0.05, 0.1) is 13.2 Å². The number of hydrogen-bond donors (Lipinski definition) is 0. The van der Waals surface area contributed by atoms with Crippen LogP contribution in [0.3, 0.4) is 0 Å². The van der Waals surface area contributed by atoms with Crippen LogP contribution in [0.4, 0.5) is 11.4 Å². The molecular weight excluding hydrogens is 346 g/mol. The summed E-state index contributed by atoms with van der Waals surface area (Å²) in [6.45, 7) is 12.9. The minimum Gasteiger partial charge on any atom is -0.494 e. The predicted octanol–water partition coefficient (Wildman–Crippen LogP) is 4.01. The van der Waals surface area contributed by atoms with Crippen molar-refractivity contribution >= 4 is 17.8 Å². The number of carbonyl (C=O) groups excluding carboxylic acids is 1. The van der Waals surface area contributed by atoms with Gasteiger partial charge >= 0.3 is 0 Å². The van der Waals surface area contributed by atoms with E-state index < -0.39 is 0 Å². The normalized spacial score (nSPS) is 17.0. The third-order valence-corrected chi connectivity index (χ3v) is 4.49. The van der Waals surface area contributed by atoms with Gasteiger partial charge in [-0.15, -0.1) is 4.91 Å². The van der Waals surface area contributed by atoms with Crippen molar-refractivity contribution < 1.29 is 14.3 Å². The Bertz CT molecular complexity index is 663. The second kappa shape index (κ2) is 10.7. The Kier molecular flexibility index (Phi) is 8.94. The van der Waals surface area contributed by atoms with Gasteiger partial charge in [-0.25, -0.2) is 0 Å². The molecule has 1 saturated heterocycles. The minimum atomic E-state index is -0.360. The van der Waals surface area contributed by atoms with Gasteiger partial charge in [0.1, 0.15) is 5.75 Å². The molecule has 150 valence electrons. The van der Waals surface area contributed by atoms with Gasteiger partial charge < -0.3 is 19.3 Å². The molecule has 1 aliphatic rings. The van der Waals surface area contributed by atoms with Gasteiger partial charge in [-0.1, -0.05) is 26.0 Å². The van der Waals surface area contributed by atoms with E-state index in [4.69, 9.17) is 9.47 Å². The molecule has 0 N–H and O–H groups in total. The fraction of sp³-hybridized carbons (Fsp3) is 0.550. The number of ether oxygens (including phenoxy) is 2. The third kappa shape index (κ3) is 5.07. The summed E-state index contributed by atoms with van der Waals surface area (Å²) < 4.78 is 11.2. The van der Waals surface area contributed by atoms with Gasteiger partial charge in [-0.2, -0.15) is 0 Å². The van der Waals surface area contributed by atoms with Crippen molar-refractivity contribution in [2.24, 2.45) is 5.18 Å². The molecule has 0 radical (unpaired) electrons. The van der Waals surface area contributed by atoms with Crippen LogP contribution in [0.15, 0.2) is 29.5 Å². The first-order valence-corrected chi connectivity index (χ1v) is 9.20. The Balaban J connectivity index is 0.00000176. The fourth-order valence-corrected chi connectivity index (χ4v) is 3.30. The third-order valence-electron chi connectivity index (χ3n) is 4.49. The first kappa shape index (κ1) is 22.6. The van der Waals surface area contributed by atoms with Gasteiger partial charge in [0.2, 0.25) is 6.41 Å². The molecule has 0 saturated carbocycles. The van der Waals surface area contributed by atoms with Gasteiger partial charge in [0.25, 0.3) is 0 Å². The Labute approximate surface area is 161 Å². The average molecular weight is 377 g/mol. The fourth-order valence-electron chi connectivity index (χ4n) is 3.30. The summed E-state index contributed by atoms with van der Waals surface area (Å²) in [6, 6.07) is 3.32. The Morgan fingerprint density at radius 2 is 2.11 bits per heavy atom. The molecule has 0 spiro atoms. The van der Waals surface area contributed by atoms with Gasteiger partial charge in [0.15, 0.2) is 11.9 Å². The first-order chi connectivity index (χ1) is 13.0. The number of amides is 1. The molecule has 0 bridgehead atoms. The standard InChI is InChI=1S/C18H25N3O4.C2H6/c1-6-25-18(16-7-12(2)10-21(16)11-22)20(4)15-9-14(19-23)17(24-5)8-13(15)3;1-2/h8-9,11,16,18H,2,6-7,10H2,1,3-5H3;1-2H3. The van der Waals surface area contributed by atoms with Crippen molar-refractivity contribution in [2.45, 2.75) is 46.4 Å². The number of rotatable bonds is 8. The Morgan fingerprint density at radius 3 is 2.63 bits per heavy atom. The quantitative estimate of drug-likeness (QED) is 0.296. The number of nitroso groups, excluding NO2 is 1. The highest BCUT2D eigenvalue weighted by molar-refractivity contribution is 5.67. The number of anilines is 1. The van der Waals surface area contributed by atoms with Crippen LogP contribution < -0.4 is 9.64 Å². The van der Waals surface area contributed by atoms with Crippen molar-refractivity contribution in [3.8, 4) is 5.75 Å². The smallest absolute Gasteiger partial charge is 0.210 e. The zero-order valence-electron chi connectivity index (χ0n) is 17.2. The van der Waals surface area contributed by atoms with Crippen molar-refractivity contribution in [3.63, 3.8) is 0 Å². The van der Waals surface area contributed by atoms with E-state index in [1.807, 2.05) is 39.6 Å². The lowest BCUT2D eigenvalue weighted by Crippen LogP contribution is -2.49. The van der Waals surface area contributed by atoms with Crippen LogP contribution in [-0.2, 0) is 9.53 Å². The molecule has 1 amide bonds. The van der Waals surface area contributed by atoms with Crippen LogP contribution in [0, 0.1) is 11.8 Å². The predicted molar refractivity (Wildman–Crippen MR) is 109 cm³/mol. The van der Waals surface area contributed by atoms with Crippen LogP contribution >= 0.6 is 0 Å². The molecule has 2 unspecified atom stereocenters. The second-order valence-electron chi connectivity index (χ2n) is 6.16. The van der Waals surface area contributed by atoms with E-state index >= 15 is 0 Å². The molecule has 7 nitrogen and oxygen atoms in total. The van der Waals surface area contributed by atoms with E-state index in [1.165, 1.54) is 7.11 Å². The summed E-state index contributed by atoms with van der Waals surface area (Å²) in [5, 5.41) is 3.05. The van der Waals surface area contributed by atoms with Crippen molar-refractivity contribution in [1.29, 1.82) is 0 Å². The highest BCUT2D eigenvalue weighted by Gasteiger charge is 2.36. The van der Waals surface area contributed by atoms with Gasteiger partial charge in [-0.05, 0) is 43.1 Å². The van der Waals surface area contributed by atoms with Crippen molar-refractivity contribution in [3.05, 3.63) is 34.8 Å². The van der Waals surface area contributed by atoms with Crippen molar-refractivity contribution in [2.75, 3.05) is 32.2 Å². The summed E-state index contributed by atoms with van der Waals surface area (Å²) in [5.74, 6) is 0.432. The number of likely N-dealkylation sites (N-methyl/N-ethyl adjacent to an activating group) is 1. The summed E-state index contributed by atoms with van der Waals surface area (Å²) in [7, 11) is 3.38. The number of benzene rings is 1. The molecule has 1 aromatic rings. The Morgan fingerprint density at radius 1 is 1.44 bits per heavy atom. The molecule has 0 aromatic heterocycles. The number of aryl methyl sites for hydroxylation is 1. The molecular formula is C20H31N3O4. The monoisotopic (exact) mass is 377 g/mol. The summed E-state index contributed by atoms with van der Waals surface area (Å²) in [4.78, 5) is 26.2. The molecule has 1 fully saturated rings. The molecule has 27 heavy (non-hydrogen) atoms. The SMILES string of the molecule is C=C1CC(C(OCC)N(C)c2cc(N=O)c(OC)cc2C)N(C=O)C1.CC. The first-order valence-electron chi connectivity index (χ1n) is 9.20. The maximum absolute atomic E-state index is 11.4. The molecule has 1 aromatic carbocycles. The molecule has 2 rings (SSSR count). The summed E-state index contributed by atoms with van der Waals surface area (Å²) in [5.41, 5.74) is 2.95. The zero-order valence-corrected chi connectivity index (χ0v) is 17.2. The van der Waals surface area contributed by atoms with E-state index in [2.05, 4.69) is 11.8 Å². The molecule has 2 atom stereocenters. The van der Waals surface area contributed by atoms with E-state index in [9.17, 15) is 9.70 Å². The van der Waals surface area contributed by atoms with E-state index in [0.717, 1.165) is 23.2 Å². The van der Waals surface area contributed by atoms with Gasteiger partial charge in [0, 0.05) is 25.9 Å². The van der Waals surface area contributed by atoms with E-state index in [1.54, 1.807) is 17.0 Å². The largest absolute Gasteiger partial charge is 0.494 e. The number of likely N-dealkylation sites (tertiary alicyclic amines) is 1. The number of methoxy groups -OCH3 is 1. The van der Waals surface area contributed by atoms with Crippen LogP contribution in [0.1, 0.15) is 32.8 Å².